The van der Waals surface area contributed by atoms with Gasteiger partial charge in [-0.3, -0.25) is 14.5 Å². The molecule has 6 heteroatoms. The van der Waals surface area contributed by atoms with Crippen LogP contribution in [0.4, 0.5) is 4.79 Å². The molecule has 0 bridgehead atoms. The van der Waals surface area contributed by atoms with Crippen molar-refractivity contribution < 1.29 is 14.4 Å². The molecule has 1 N–H and O–H groups in total. The molecule has 2 saturated heterocycles. The number of hydrogen-bond acceptors (Lipinski definition) is 3. The van der Waals surface area contributed by atoms with E-state index < -0.39 is 11.6 Å². The van der Waals surface area contributed by atoms with Gasteiger partial charge in [-0.2, -0.15) is 0 Å². The summed E-state index contributed by atoms with van der Waals surface area (Å²) < 4.78 is 0. The van der Waals surface area contributed by atoms with Crippen LogP contribution < -0.4 is 5.32 Å². The first kappa shape index (κ1) is 18.6. The molecule has 0 aromatic heterocycles. The molecular weight excluding hydrogens is 366 g/mol. The van der Waals surface area contributed by atoms with E-state index in [4.69, 9.17) is 0 Å². The lowest BCUT2D eigenvalue weighted by Gasteiger charge is -2.41. The third-order valence-corrected chi connectivity index (χ3v) is 7.59. The highest BCUT2D eigenvalue weighted by molar-refractivity contribution is 6.09. The van der Waals surface area contributed by atoms with E-state index in [2.05, 4.69) is 5.32 Å². The second kappa shape index (κ2) is 7.15. The van der Waals surface area contributed by atoms with Gasteiger partial charge in [0.2, 0.25) is 5.91 Å². The highest BCUT2D eigenvalue weighted by Crippen LogP contribution is 2.40. The van der Waals surface area contributed by atoms with Crippen molar-refractivity contribution in [1.82, 2.24) is 15.1 Å². The van der Waals surface area contributed by atoms with E-state index in [-0.39, 0.29) is 18.4 Å². The number of fused-ring (bicyclic) bond motifs is 3. The predicted molar refractivity (Wildman–Crippen MR) is 108 cm³/mol. The Hall–Kier alpha value is -2.37. The summed E-state index contributed by atoms with van der Waals surface area (Å²) in [5.74, 6) is 0.960. The van der Waals surface area contributed by atoms with Crippen LogP contribution >= 0.6 is 0 Å². The van der Waals surface area contributed by atoms with Crippen LogP contribution in [0.5, 0.6) is 0 Å². The van der Waals surface area contributed by atoms with E-state index in [1.165, 1.54) is 25.7 Å². The number of rotatable bonds is 2. The molecule has 3 atom stereocenters. The van der Waals surface area contributed by atoms with Gasteiger partial charge in [-0.1, -0.05) is 43.5 Å². The van der Waals surface area contributed by atoms with Crippen molar-refractivity contribution in [3.05, 3.63) is 35.4 Å². The fourth-order valence-electron chi connectivity index (χ4n) is 6.02. The minimum absolute atomic E-state index is 0.0985. The number of piperidine rings is 1. The quantitative estimate of drug-likeness (QED) is 0.783. The van der Waals surface area contributed by atoms with Crippen LogP contribution in [0.2, 0.25) is 0 Å². The van der Waals surface area contributed by atoms with Crippen molar-refractivity contribution >= 4 is 17.8 Å². The van der Waals surface area contributed by atoms with E-state index in [0.717, 1.165) is 54.3 Å². The van der Waals surface area contributed by atoms with Crippen molar-refractivity contribution in [3.8, 4) is 0 Å². The Morgan fingerprint density at radius 1 is 1.07 bits per heavy atom. The summed E-state index contributed by atoms with van der Waals surface area (Å²) in [6.45, 7) is 1.38. The number of benzene rings is 1. The van der Waals surface area contributed by atoms with Crippen molar-refractivity contribution in [2.75, 3.05) is 19.6 Å². The average Bonchev–Trinajstić information content (AvgIpc) is 2.98. The number of urea groups is 1. The fraction of sp³-hybridized carbons (Fsp3) is 0.609. The molecule has 2 aliphatic carbocycles. The zero-order valence-corrected chi connectivity index (χ0v) is 16.9. The molecule has 2 heterocycles. The van der Waals surface area contributed by atoms with Crippen LogP contribution in [0.3, 0.4) is 0 Å². The number of amides is 4. The molecule has 1 spiro atoms. The topological polar surface area (TPSA) is 69.7 Å². The normalized spacial score (nSPS) is 31.4. The Kier molecular flexibility index (Phi) is 4.60. The molecule has 154 valence electrons. The maximum absolute atomic E-state index is 13.4. The third kappa shape index (κ3) is 3.04. The second-order valence-electron chi connectivity index (χ2n) is 9.17. The summed E-state index contributed by atoms with van der Waals surface area (Å²) in [5.41, 5.74) is 1.00. The molecule has 0 unspecified atom stereocenters. The van der Waals surface area contributed by atoms with Gasteiger partial charge in [-0.25, -0.2) is 4.79 Å². The van der Waals surface area contributed by atoms with Crippen molar-refractivity contribution in [3.63, 3.8) is 0 Å². The Labute approximate surface area is 171 Å². The first-order valence-corrected chi connectivity index (χ1v) is 11.1. The zero-order valence-electron chi connectivity index (χ0n) is 16.9. The van der Waals surface area contributed by atoms with Crippen molar-refractivity contribution in [2.45, 2.75) is 56.9 Å². The Morgan fingerprint density at radius 2 is 1.86 bits per heavy atom. The second-order valence-corrected chi connectivity index (χ2v) is 9.17. The van der Waals surface area contributed by atoms with Gasteiger partial charge in [0.1, 0.15) is 12.1 Å². The van der Waals surface area contributed by atoms with E-state index in [9.17, 15) is 14.4 Å². The molecule has 6 nitrogen and oxygen atoms in total. The Morgan fingerprint density at radius 3 is 2.72 bits per heavy atom. The lowest BCUT2D eigenvalue weighted by atomic mass is 9.75. The molecule has 5 rings (SSSR count). The number of nitrogens with zero attached hydrogens (tertiary/aromatic N) is 2. The number of carbonyl (C=O) groups excluding carboxylic acids is 3. The van der Waals surface area contributed by atoms with Gasteiger partial charge in [-0.05, 0) is 55.1 Å². The smallest absolute Gasteiger partial charge is 0.325 e. The summed E-state index contributed by atoms with van der Waals surface area (Å²) in [5, 5.41) is 2.95. The largest absolute Gasteiger partial charge is 0.341 e. The minimum atomic E-state index is -0.997. The maximum Gasteiger partial charge on any atom is 0.325 e. The zero-order chi connectivity index (χ0) is 20.0. The molecule has 2 aliphatic heterocycles. The standard InChI is InChI=1S/C23H29N3O3/c27-20(25-13-11-16-6-1-2-8-18(16)14-25)15-26-21(28)23(24-22(26)29)12-5-9-17-7-3-4-10-19(17)23/h3-4,7,10,16,18H,1-2,5-6,8-9,11-15H2,(H,24,29)/t16-,18-,23+/m1/s1. The first-order valence-electron chi connectivity index (χ1n) is 11.1. The van der Waals surface area contributed by atoms with Crippen LogP contribution in [0.25, 0.3) is 0 Å². The molecule has 4 amide bonds. The van der Waals surface area contributed by atoms with Crippen molar-refractivity contribution in [1.29, 1.82) is 0 Å². The molecular formula is C23H29N3O3. The van der Waals surface area contributed by atoms with E-state index in [0.29, 0.717) is 12.3 Å². The van der Waals surface area contributed by atoms with E-state index >= 15 is 0 Å². The van der Waals surface area contributed by atoms with Crippen LogP contribution in [0, 0.1) is 11.8 Å². The Bertz CT molecular complexity index is 854. The highest BCUT2D eigenvalue weighted by atomic mass is 16.2. The van der Waals surface area contributed by atoms with Crippen LogP contribution in [0.1, 0.15) is 56.1 Å². The average molecular weight is 396 g/mol. The minimum Gasteiger partial charge on any atom is -0.341 e. The van der Waals surface area contributed by atoms with Crippen LogP contribution in [-0.2, 0) is 21.5 Å². The summed E-state index contributed by atoms with van der Waals surface area (Å²) in [4.78, 5) is 42.1. The first-order chi connectivity index (χ1) is 14.1. The van der Waals surface area contributed by atoms with Crippen molar-refractivity contribution in [2.24, 2.45) is 11.8 Å². The van der Waals surface area contributed by atoms with Gasteiger partial charge < -0.3 is 10.2 Å². The monoisotopic (exact) mass is 395 g/mol. The van der Waals surface area contributed by atoms with Gasteiger partial charge in [0, 0.05) is 13.1 Å². The van der Waals surface area contributed by atoms with Gasteiger partial charge in [0.15, 0.2) is 0 Å². The SMILES string of the molecule is O=C(CN1C(=O)N[C@]2(CCCc3ccccc32)C1=O)N1CC[C@H]2CCCC[C@@H]2C1. The number of aryl methyl sites for hydroxylation is 1. The molecule has 1 aromatic rings. The predicted octanol–water partition coefficient (Wildman–Crippen LogP) is 2.81. The summed E-state index contributed by atoms with van der Waals surface area (Å²) in [7, 11) is 0. The summed E-state index contributed by atoms with van der Waals surface area (Å²) in [6, 6.07) is 7.40. The maximum atomic E-state index is 13.4. The van der Waals surface area contributed by atoms with Gasteiger partial charge in [0.25, 0.3) is 5.91 Å². The molecule has 3 fully saturated rings. The lowest BCUT2D eigenvalue weighted by Crippen LogP contribution is -2.50. The number of hydrogen-bond donors (Lipinski definition) is 1. The lowest BCUT2D eigenvalue weighted by molar-refractivity contribution is -0.141. The molecule has 4 aliphatic rings. The van der Waals surface area contributed by atoms with Crippen LogP contribution in [-0.4, -0.2) is 47.3 Å². The van der Waals surface area contributed by atoms with E-state index in [1.807, 2.05) is 29.2 Å². The highest BCUT2D eigenvalue weighted by Gasteiger charge is 2.54. The summed E-state index contributed by atoms with van der Waals surface area (Å²) >= 11 is 0. The third-order valence-electron chi connectivity index (χ3n) is 7.59. The molecule has 29 heavy (non-hydrogen) atoms. The van der Waals surface area contributed by atoms with Gasteiger partial charge in [-0.15, -0.1) is 0 Å². The number of carbonyl (C=O) groups is 3. The number of nitrogens with one attached hydrogen (secondary N) is 1. The van der Waals surface area contributed by atoms with E-state index in [1.54, 1.807) is 0 Å². The van der Waals surface area contributed by atoms with Gasteiger partial charge >= 0.3 is 6.03 Å². The number of imide groups is 1. The molecule has 1 saturated carbocycles. The summed E-state index contributed by atoms with van der Waals surface area (Å²) in [6.07, 6.45) is 8.43. The fourth-order valence-corrected chi connectivity index (χ4v) is 6.02. The Balaban J connectivity index is 1.32. The molecule has 1 aromatic carbocycles. The number of likely N-dealkylation sites (tertiary alicyclic amines) is 1. The van der Waals surface area contributed by atoms with Gasteiger partial charge in [0.05, 0.1) is 0 Å². The molecule has 0 radical (unpaired) electrons. The van der Waals surface area contributed by atoms with Crippen LogP contribution in [0.15, 0.2) is 24.3 Å².